The smallest absolute Gasteiger partial charge is 0.374 e. The minimum Gasteiger partial charge on any atom is -0.374 e. The molecular formula is C12H12BrF3N4. The molecule has 0 saturated carbocycles. The van der Waals surface area contributed by atoms with E-state index in [1.807, 2.05) is 6.92 Å². The molecule has 1 N–H and O–H groups in total. The highest BCUT2D eigenvalue weighted by atomic mass is 79.9. The fourth-order valence-electron chi connectivity index (χ4n) is 1.79. The number of aryl methyl sites for hydroxylation is 1. The standard InChI is InChI=1S/C12H12BrF3N4/c1-7(11-19-17-6-20(11)2)18-10-4-3-8(5-9(10)13)12(14,15)16/h3-7,18H,1-2H3. The molecule has 0 aliphatic carbocycles. The number of aromatic nitrogens is 3. The molecule has 2 rings (SSSR count). The van der Waals surface area contributed by atoms with Gasteiger partial charge < -0.3 is 9.88 Å². The number of hydrogen-bond donors (Lipinski definition) is 1. The van der Waals surface area contributed by atoms with Crippen LogP contribution in [0.15, 0.2) is 29.0 Å². The lowest BCUT2D eigenvalue weighted by molar-refractivity contribution is -0.137. The van der Waals surface area contributed by atoms with Gasteiger partial charge in [-0.2, -0.15) is 13.2 Å². The van der Waals surface area contributed by atoms with Gasteiger partial charge in [-0.3, -0.25) is 0 Å². The van der Waals surface area contributed by atoms with Crippen molar-refractivity contribution >= 4 is 21.6 Å². The zero-order valence-corrected chi connectivity index (χ0v) is 12.3. The van der Waals surface area contributed by atoms with E-state index in [1.54, 1.807) is 17.9 Å². The molecule has 4 nitrogen and oxygen atoms in total. The second kappa shape index (κ2) is 5.43. The predicted octanol–water partition coefficient (Wildman–Crippen LogP) is 3.77. The van der Waals surface area contributed by atoms with E-state index in [9.17, 15) is 13.2 Å². The van der Waals surface area contributed by atoms with E-state index in [1.165, 1.54) is 6.07 Å². The maximum atomic E-state index is 12.6. The highest BCUT2D eigenvalue weighted by Gasteiger charge is 2.30. The lowest BCUT2D eigenvalue weighted by Gasteiger charge is -2.16. The summed E-state index contributed by atoms with van der Waals surface area (Å²) in [5.41, 5.74) is -0.130. The van der Waals surface area contributed by atoms with Gasteiger partial charge in [0.15, 0.2) is 5.82 Å². The van der Waals surface area contributed by atoms with Crippen LogP contribution in [0.2, 0.25) is 0 Å². The molecule has 0 aliphatic rings. The summed E-state index contributed by atoms with van der Waals surface area (Å²) >= 11 is 3.14. The van der Waals surface area contributed by atoms with Crippen LogP contribution in [0.5, 0.6) is 0 Å². The van der Waals surface area contributed by atoms with Crippen molar-refractivity contribution < 1.29 is 13.2 Å². The van der Waals surface area contributed by atoms with Gasteiger partial charge in [-0.25, -0.2) is 0 Å². The Balaban J connectivity index is 2.21. The molecular weight excluding hydrogens is 337 g/mol. The van der Waals surface area contributed by atoms with Gasteiger partial charge in [0.1, 0.15) is 6.33 Å². The van der Waals surface area contributed by atoms with Crippen molar-refractivity contribution in [1.29, 1.82) is 0 Å². The molecule has 0 amide bonds. The van der Waals surface area contributed by atoms with Crippen LogP contribution in [-0.2, 0) is 13.2 Å². The minimum atomic E-state index is -4.35. The second-order valence-electron chi connectivity index (χ2n) is 4.36. The molecule has 1 aromatic heterocycles. The minimum absolute atomic E-state index is 0.185. The fraction of sp³-hybridized carbons (Fsp3) is 0.333. The number of hydrogen-bond acceptors (Lipinski definition) is 3. The topological polar surface area (TPSA) is 42.7 Å². The Labute approximate surface area is 122 Å². The molecule has 20 heavy (non-hydrogen) atoms. The lowest BCUT2D eigenvalue weighted by Crippen LogP contribution is -2.13. The number of nitrogens with one attached hydrogen (secondary N) is 1. The second-order valence-corrected chi connectivity index (χ2v) is 5.21. The summed E-state index contributed by atoms with van der Waals surface area (Å²) in [6, 6.07) is 3.29. The predicted molar refractivity (Wildman–Crippen MR) is 72.2 cm³/mol. The monoisotopic (exact) mass is 348 g/mol. The summed E-state index contributed by atoms with van der Waals surface area (Å²) in [4.78, 5) is 0. The van der Waals surface area contributed by atoms with Gasteiger partial charge in [-0.15, -0.1) is 10.2 Å². The van der Waals surface area contributed by atoms with E-state index in [4.69, 9.17) is 0 Å². The average Bonchev–Trinajstić information content (AvgIpc) is 2.76. The largest absolute Gasteiger partial charge is 0.416 e. The number of halogens is 4. The van der Waals surface area contributed by atoms with Crippen LogP contribution < -0.4 is 5.32 Å². The van der Waals surface area contributed by atoms with Gasteiger partial charge in [0.05, 0.1) is 11.6 Å². The van der Waals surface area contributed by atoms with Gasteiger partial charge in [0.25, 0.3) is 0 Å². The average molecular weight is 349 g/mol. The van der Waals surface area contributed by atoms with Crippen LogP contribution in [0.1, 0.15) is 24.4 Å². The Hall–Kier alpha value is -1.57. The summed E-state index contributed by atoms with van der Waals surface area (Å²) < 4.78 is 39.8. The first-order valence-corrected chi connectivity index (χ1v) is 6.55. The number of nitrogens with zero attached hydrogens (tertiary/aromatic N) is 3. The van der Waals surface area contributed by atoms with Crippen molar-refractivity contribution in [2.75, 3.05) is 5.32 Å². The quantitative estimate of drug-likeness (QED) is 0.917. The van der Waals surface area contributed by atoms with Gasteiger partial charge in [-0.1, -0.05) is 0 Å². The molecule has 0 bridgehead atoms. The van der Waals surface area contributed by atoms with Crippen molar-refractivity contribution in [1.82, 2.24) is 14.8 Å². The lowest BCUT2D eigenvalue weighted by atomic mass is 10.2. The summed E-state index contributed by atoms with van der Waals surface area (Å²) in [5, 5.41) is 10.8. The van der Waals surface area contributed by atoms with Gasteiger partial charge in [0.2, 0.25) is 0 Å². The van der Waals surface area contributed by atoms with Crippen LogP contribution in [0.4, 0.5) is 18.9 Å². The summed E-state index contributed by atoms with van der Waals surface area (Å²) in [7, 11) is 1.80. The van der Waals surface area contributed by atoms with E-state index in [0.29, 0.717) is 16.0 Å². The van der Waals surface area contributed by atoms with Crippen LogP contribution in [0.25, 0.3) is 0 Å². The van der Waals surface area contributed by atoms with Crippen molar-refractivity contribution in [3.63, 3.8) is 0 Å². The Morgan fingerprint density at radius 1 is 1.35 bits per heavy atom. The summed E-state index contributed by atoms with van der Waals surface area (Å²) in [5.74, 6) is 0.691. The molecule has 8 heteroatoms. The molecule has 2 aromatic rings. The third kappa shape index (κ3) is 3.12. The number of alkyl halides is 3. The zero-order valence-electron chi connectivity index (χ0n) is 10.7. The van der Waals surface area contributed by atoms with Crippen LogP contribution >= 0.6 is 15.9 Å². The van der Waals surface area contributed by atoms with E-state index in [0.717, 1.165) is 12.1 Å². The molecule has 0 spiro atoms. The van der Waals surface area contributed by atoms with Crippen LogP contribution in [0, 0.1) is 0 Å². The van der Waals surface area contributed by atoms with E-state index < -0.39 is 11.7 Å². The fourth-order valence-corrected chi connectivity index (χ4v) is 2.28. The highest BCUT2D eigenvalue weighted by Crippen LogP contribution is 2.34. The highest BCUT2D eigenvalue weighted by molar-refractivity contribution is 9.10. The van der Waals surface area contributed by atoms with Gasteiger partial charge in [0, 0.05) is 17.2 Å². The van der Waals surface area contributed by atoms with E-state index >= 15 is 0 Å². The molecule has 0 fully saturated rings. The molecule has 0 aliphatic heterocycles. The maximum absolute atomic E-state index is 12.6. The molecule has 1 unspecified atom stereocenters. The molecule has 1 aromatic carbocycles. The van der Waals surface area contributed by atoms with E-state index in [-0.39, 0.29) is 6.04 Å². The summed E-state index contributed by atoms with van der Waals surface area (Å²) in [6.07, 6.45) is -2.79. The molecule has 0 radical (unpaired) electrons. The number of rotatable bonds is 3. The van der Waals surface area contributed by atoms with Crippen molar-refractivity contribution in [3.05, 3.63) is 40.4 Å². The Bertz CT molecular complexity index is 609. The Morgan fingerprint density at radius 2 is 2.05 bits per heavy atom. The maximum Gasteiger partial charge on any atom is 0.416 e. The van der Waals surface area contributed by atoms with Crippen molar-refractivity contribution in [3.8, 4) is 0 Å². The first-order chi connectivity index (χ1) is 9.29. The zero-order chi connectivity index (χ0) is 14.9. The Kier molecular flexibility index (Phi) is 4.03. The van der Waals surface area contributed by atoms with E-state index in [2.05, 4.69) is 31.4 Å². The van der Waals surface area contributed by atoms with Crippen molar-refractivity contribution in [2.45, 2.75) is 19.1 Å². The van der Waals surface area contributed by atoms with Gasteiger partial charge >= 0.3 is 6.18 Å². The van der Waals surface area contributed by atoms with Crippen molar-refractivity contribution in [2.24, 2.45) is 7.05 Å². The first kappa shape index (κ1) is 14.8. The molecule has 108 valence electrons. The summed E-state index contributed by atoms with van der Waals surface area (Å²) in [6.45, 7) is 1.86. The third-order valence-corrected chi connectivity index (χ3v) is 3.46. The third-order valence-electron chi connectivity index (χ3n) is 2.80. The number of anilines is 1. The van der Waals surface area contributed by atoms with Gasteiger partial charge in [-0.05, 0) is 41.1 Å². The normalized spacial score (nSPS) is 13.3. The molecule has 1 heterocycles. The SMILES string of the molecule is CC(Nc1ccc(C(F)(F)F)cc1Br)c1nncn1C. The molecule has 0 saturated heterocycles. The first-order valence-electron chi connectivity index (χ1n) is 5.76. The van der Waals surface area contributed by atoms with Crippen LogP contribution in [-0.4, -0.2) is 14.8 Å². The van der Waals surface area contributed by atoms with Crippen LogP contribution in [0.3, 0.4) is 0 Å². The Morgan fingerprint density at radius 3 is 2.55 bits per heavy atom. The molecule has 1 atom stereocenters. The number of benzene rings is 1.